The van der Waals surface area contributed by atoms with E-state index >= 15 is 0 Å². The molecule has 2 heteroatoms. The number of hydrogen-bond acceptors (Lipinski definition) is 2. The van der Waals surface area contributed by atoms with Crippen molar-refractivity contribution in [3.8, 4) is 0 Å². The predicted molar refractivity (Wildman–Crippen MR) is 35.3 cm³/mol. The van der Waals surface area contributed by atoms with Gasteiger partial charge in [0.05, 0.1) is 6.26 Å². The first kappa shape index (κ1) is 7.95. The maximum absolute atomic E-state index is 9.41. The van der Waals surface area contributed by atoms with Gasteiger partial charge in [0, 0.05) is 0 Å². The Balaban J connectivity index is 3.23. The van der Waals surface area contributed by atoms with Crippen molar-refractivity contribution < 1.29 is 9.53 Å². The van der Waals surface area contributed by atoms with Crippen LogP contribution in [0.1, 0.15) is 13.3 Å². The summed E-state index contributed by atoms with van der Waals surface area (Å²) in [5.41, 5.74) is 0. The SMILES string of the molecule is CC/C=C/C=C/O[C]=O. The zero-order valence-electron chi connectivity index (χ0n) is 5.33. The number of rotatable bonds is 4. The van der Waals surface area contributed by atoms with Crippen LogP contribution < -0.4 is 0 Å². The molecule has 2 nitrogen and oxygen atoms in total. The highest BCUT2D eigenvalue weighted by Gasteiger charge is 1.67. The summed E-state index contributed by atoms with van der Waals surface area (Å²) in [5, 5.41) is 0. The molecule has 0 saturated heterocycles. The average Bonchev–Trinajstić information content (AvgIpc) is 1.89. The van der Waals surface area contributed by atoms with Crippen molar-refractivity contribution in [2.75, 3.05) is 0 Å². The largest absolute Gasteiger partial charge is 0.426 e. The fourth-order valence-corrected chi connectivity index (χ4v) is 0.327. The maximum atomic E-state index is 9.41. The van der Waals surface area contributed by atoms with Crippen LogP contribution in [0.3, 0.4) is 0 Å². The van der Waals surface area contributed by atoms with Gasteiger partial charge >= 0.3 is 6.47 Å². The minimum Gasteiger partial charge on any atom is -0.426 e. The first-order valence-corrected chi connectivity index (χ1v) is 2.76. The first-order valence-electron chi connectivity index (χ1n) is 2.76. The second kappa shape index (κ2) is 6.95. The summed E-state index contributed by atoms with van der Waals surface area (Å²) in [7, 11) is 0. The Labute approximate surface area is 54.8 Å². The lowest BCUT2D eigenvalue weighted by molar-refractivity contribution is 0.398. The van der Waals surface area contributed by atoms with Crippen LogP contribution in [0.15, 0.2) is 24.5 Å². The van der Waals surface area contributed by atoms with Gasteiger partial charge in [-0.1, -0.05) is 19.1 Å². The van der Waals surface area contributed by atoms with Crippen LogP contribution in [-0.4, -0.2) is 6.47 Å². The van der Waals surface area contributed by atoms with Crippen LogP contribution in [0.2, 0.25) is 0 Å². The third-order valence-electron chi connectivity index (χ3n) is 0.678. The quantitative estimate of drug-likeness (QED) is 0.421. The number of hydrogen-bond donors (Lipinski definition) is 0. The minimum absolute atomic E-state index is 0.981. The van der Waals surface area contributed by atoms with Gasteiger partial charge in [-0.15, -0.1) is 0 Å². The van der Waals surface area contributed by atoms with E-state index < -0.39 is 0 Å². The Bertz CT molecular complexity index is 114. The molecule has 0 aliphatic carbocycles. The van der Waals surface area contributed by atoms with E-state index in [2.05, 4.69) is 4.74 Å². The van der Waals surface area contributed by atoms with E-state index in [0.717, 1.165) is 6.42 Å². The van der Waals surface area contributed by atoms with Gasteiger partial charge in [0.15, 0.2) is 0 Å². The lowest BCUT2D eigenvalue weighted by Gasteiger charge is -1.76. The molecule has 0 saturated carbocycles. The van der Waals surface area contributed by atoms with Crippen molar-refractivity contribution in [2.45, 2.75) is 13.3 Å². The highest BCUT2D eigenvalue weighted by atomic mass is 16.5. The Morgan fingerprint density at radius 2 is 2.33 bits per heavy atom. The molecular formula is C7H9O2. The topological polar surface area (TPSA) is 26.3 Å². The molecular weight excluding hydrogens is 116 g/mol. The standard InChI is InChI=1S/C7H9O2/c1-2-3-4-5-6-9-7-8/h3-6H,2H2,1H3/b4-3+,6-5+. The Morgan fingerprint density at radius 3 is 2.89 bits per heavy atom. The van der Waals surface area contributed by atoms with Gasteiger partial charge in [0.1, 0.15) is 0 Å². The molecule has 0 fully saturated rings. The normalized spacial score (nSPS) is 10.8. The Hall–Kier alpha value is -1.05. The zero-order chi connectivity index (χ0) is 6.95. The summed E-state index contributed by atoms with van der Waals surface area (Å²) in [6, 6.07) is 0. The monoisotopic (exact) mass is 125 g/mol. The van der Waals surface area contributed by atoms with Crippen molar-refractivity contribution in [3.05, 3.63) is 24.5 Å². The molecule has 0 bridgehead atoms. The maximum Gasteiger partial charge on any atom is 0.422 e. The van der Waals surface area contributed by atoms with Crippen molar-refractivity contribution in [3.63, 3.8) is 0 Å². The van der Waals surface area contributed by atoms with Gasteiger partial charge in [-0.2, -0.15) is 0 Å². The van der Waals surface area contributed by atoms with Crippen molar-refractivity contribution in [1.82, 2.24) is 0 Å². The Morgan fingerprint density at radius 1 is 1.56 bits per heavy atom. The van der Waals surface area contributed by atoms with Gasteiger partial charge in [0.2, 0.25) is 0 Å². The molecule has 0 rings (SSSR count). The first-order chi connectivity index (χ1) is 4.41. The van der Waals surface area contributed by atoms with Crippen LogP contribution in [0.4, 0.5) is 0 Å². The molecule has 0 heterocycles. The van der Waals surface area contributed by atoms with Crippen molar-refractivity contribution in [1.29, 1.82) is 0 Å². The van der Waals surface area contributed by atoms with E-state index in [-0.39, 0.29) is 0 Å². The molecule has 0 aliphatic rings. The van der Waals surface area contributed by atoms with Crippen LogP contribution in [0.5, 0.6) is 0 Å². The third kappa shape index (κ3) is 6.95. The fraction of sp³-hybridized carbons (Fsp3) is 0.286. The van der Waals surface area contributed by atoms with Crippen molar-refractivity contribution in [2.24, 2.45) is 0 Å². The van der Waals surface area contributed by atoms with Crippen LogP contribution in [0.25, 0.3) is 0 Å². The van der Waals surface area contributed by atoms with E-state index in [1.807, 2.05) is 13.0 Å². The highest BCUT2D eigenvalue weighted by molar-refractivity contribution is 5.39. The summed E-state index contributed by atoms with van der Waals surface area (Å²) in [6.07, 6.45) is 7.64. The van der Waals surface area contributed by atoms with E-state index in [0.29, 0.717) is 0 Å². The average molecular weight is 125 g/mol. The molecule has 1 radical (unpaired) electrons. The van der Waals surface area contributed by atoms with Crippen LogP contribution in [-0.2, 0) is 9.53 Å². The lowest BCUT2D eigenvalue weighted by Crippen LogP contribution is -1.69. The van der Waals surface area contributed by atoms with E-state index in [1.165, 1.54) is 12.7 Å². The molecule has 9 heavy (non-hydrogen) atoms. The van der Waals surface area contributed by atoms with Crippen LogP contribution >= 0.6 is 0 Å². The predicted octanol–water partition coefficient (Wildman–Crippen LogP) is 1.55. The molecule has 0 aromatic heterocycles. The van der Waals surface area contributed by atoms with E-state index in [4.69, 9.17) is 0 Å². The summed E-state index contributed by atoms with van der Waals surface area (Å²) in [6.45, 7) is 3.30. The molecule has 0 N–H and O–H groups in total. The van der Waals surface area contributed by atoms with E-state index in [9.17, 15) is 4.79 Å². The summed E-state index contributed by atoms with van der Waals surface area (Å²) in [4.78, 5) is 9.41. The molecule has 0 aromatic rings. The number of allylic oxidation sites excluding steroid dienone is 3. The minimum atomic E-state index is 0.981. The Kier molecular flexibility index (Phi) is 6.14. The zero-order valence-corrected chi connectivity index (χ0v) is 5.33. The molecule has 0 atom stereocenters. The van der Waals surface area contributed by atoms with Gasteiger partial charge in [-0.05, 0) is 12.5 Å². The number of ether oxygens (including phenoxy) is 1. The number of carbonyl (C=O) groups excluding carboxylic acids is 1. The molecule has 0 amide bonds. The highest BCUT2D eigenvalue weighted by Crippen LogP contribution is 1.80. The molecule has 0 unspecified atom stereocenters. The van der Waals surface area contributed by atoms with Crippen molar-refractivity contribution >= 4 is 6.47 Å². The molecule has 49 valence electrons. The molecule has 0 spiro atoms. The van der Waals surface area contributed by atoms with Gasteiger partial charge in [-0.3, -0.25) is 0 Å². The fourth-order valence-electron chi connectivity index (χ4n) is 0.327. The van der Waals surface area contributed by atoms with Gasteiger partial charge in [0.25, 0.3) is 0 Å². The molecule has 0 aliphatic heterocycles. The summed E-state index contributed by atoms with van der Waals surface area (Å²) >= 11 is 0. The van der Waals surface area contributed by atoms with Gasteiger partial charge < -0.3 is 4.74 Å². The summed E-state index contributed by atoms with van der Waals surface area (Å²) < 4.78 is 4.14. The second-order valence-corrected chi connectivity index (χ2v) is 1.37. The third-order valence-corrected chi connectivity index (χ3v) is 0.678. The molecule has 0 aromatic carbocycles. The summed E-state index contributed by atoms with van der Waals surface area (Å²) in [5.74, 6) is 0. The lowest BCUT2D eigenvalue weighted by atomic mass is 10.4. The smallest absolute Gasteiger partial charge is 0.422 e. The van der Waals surface area contributed by atoms with Gasteiger partial charge in [-0.25, -0.2) is 4.79 Å². The van der Waals surface area contributed by atoms with E-state index in [1.54, 1.807) is 12.2 Å². The second-order valence-electron chi connectivity index (χ2n) is 1.37. The van der Waals surface area contributed by atoms with Crippen LogP contribution in [0, 0.1) is 0 Å².